The lowest BCUT2D eigenvalue weighted by molar-refractivity contribution is -0.136. The number of nitrogens with one attached hydrogen (secondary N) is 4. The number of allylic oxidation sites excluding steroid dienone is 1. The normalized spacial score (nSPS) is 20.7. The first-order valence-corrected chi connectivity index (χ1v) is 24.9. The summed E-state index contributed by atoms with van der Waals surface area (Å²) in [5.74, 6) is -0.00309. The number of nitrogens with two attached hydrogens (primary N) is 1. The highest BCUT2D eigenvalue weighted by Crippen LogP contribution is 2.39. The average molecular weight is 954 g/mol. The number of likely N-dealkylation sites (tertiary alicyclic amines) is 2. The molecule has 4 amide bonds. The molecular formula is C51H69F2N11O5. The number of hydrogen-bond donors (Lipinski definition) is 5. The Bertz CT molecular complexity index is 2550. The van der Waals surface area contributed by atoms with Crippen molar-refractivity contribution in [1.29, 1.82) is 5.41 Å². The minimum atomic E-state index is -2.75. The first kappa shape index (κ1) is 49.5. The van der Waals surface area contributed by atoms with Crippen LogP contribution in [0.5, 0.6) is 0 Å². The van der Waals surface area contributed by atoms with Gasteiger partial charge in [0.15, 0.2) is 0 Å². The summed E-state index contributed by atoms with van der Waals surface area (Å²) in [5.41, 5.74) is 13.5. The zero-order chi connectivity index (χ0) is 48.9. The number of aromatic nitrogens is 2. The number of carbonyl (C=O) groups excluding carboxylic acids is 4. The van der Waals surface area contributed by atoms with Crippen LogP contribution in [0.15, 0.2) is 52.6 Å². The van der Waals surface area contributed by atoms with Gasteiger partial charge in [0.2, 0.25) is 23.6 Å². The third-order valence-corrected chi connectivity index (χ3v) is 15.2. The molecule has 5 aliphatic heterocycles. The second-order valence-electron chi connectivity index (χ2n) is 19.6. The molecule has 0 spiro atoms. The number of halogens is 2. The first-order chi connectivity index (χ1) is 33.2. The summed E-state index contributed by atoms with van der Waals surface area (Å²) < 4.78 is 32.3. The highest BCUT2D eigenvalue weighted by molar-refractivity contribution is 6.09. The van der Waals surface area contributed by atoms with E-state index in [0.717, 1.165) is 105 Å². The van der Waals surface area contributed by atoms with Gasteiger partial charge in [-0.2, -0.15) is 0 Å². The maximum Gasteiger partial charge on any atom is 0.329 e. The van der Waals surface area contributed by atoms with E-state index < -0.39 is 24.5 Å². The number of rotatable bonds is 16. The van der Waals surface area contributed by atoms with E-state index >= 15 is 0 Å². The molecule has 0 aliphatic carbocycles. The molecule has 2 aromatic carbocycles. The standard InChI is InChI=1S/C51H69F2N11O5/c1-32(65)62-25-18-41(40(31-62)49(55)63-20-4-6-35-27-38(36(29-54)30-56-2)39(48(52)53)28-44(35)63)57-37-16-23-61(24-17-37)47(67)7-5-19-60-21-14-33(15-22-60)8-9-34-10-11-42-45(26-34)59(3)51(69)64(42)43-12-13-46(66)58-50(43)68/h10-11,26-30,33,37,43,48-49,54,56-57H,4-9,12-25,31,55H2,1-3H3,(H,58,66,68)/b36-30+,54-29?. The van der Waals surface area contributed by atoms with Crippen molar-refractivity contribution in [1.82, 2.24) is 39.8 Å². The minimum Gasteiger partial charge on any atom is -0.393 e. The Labute approximate surface area is 402 Å². The van der Waals surface area contributed by atoms with Gasteiger partial charge in [-0.15, -0.1) is 0 Å². The van der Waals surface area contributed by atoms with Gasteiger partial charge in [0, 0.05) is 120 Å². The molecule has 6 N–H and O–H groups in total. The number of fused-ring (bicyclic) bond motifs is 2. The van der Waals surface area contributed by atoms with Gasteiger partial charge in [0.25, 0.3) is 6.43 Å². The van der Waals surface area contributed by atoms with Gasteiger partial charge >= 0.3 is 5.69 Å². The lowest BCUT2D eigenvalue weighted by Crippen LogP contribution is -2.53. The number of anilines is 1. The minimum absolute atomic E-state index is 0.0461. The largest absolute Gasteiger partial charge is 0.393 e. The van der Waals surface area contributed by atoms with Crippen LogP contribution in [0.3, 0.4) is 0 Å². The Morgan fingerprint density at radius 2 is 1.71 bits per heavy atom. The molecule has 1 aromatic heterocycles. The zero-order valence-electron chi connectivity index (χ0n) is 40.3. The molecule has 5 aliphatic rings. The summed E-state index contributed by atoms with van der Waals surface area (Å²) in [7, 11) is 3.40. The van der Waals surface area contributed by atoms with Crippen molar-refractivity contribution >= 4 is 52.1 Å². The molecule has 0 saturated carbocycles. The van der Waals surface area contributed by atoms with Crippen LogP contribution in [0.2, 0.25) is 0 Å². The molecule has 2 unspecified atom stereocenters. The van der Waals surface area contributed by atoms with E-state index in [-0.39, 0.29) is 41.4 Å². The Kier molecular flexibility index (Phi) is 15.7. The SMILES string of the molecule is CN/C=C(\C=N)c1cc2c(cc1C(F)F)N(C(N)C1=C(NC3CCN(C(=O)CCCN4CCC(CCc5ccc6c(c5)n(C)c(=O)n6C5CCC(=O)NC5=O)CC4)CC3)CCN(C(C)=O)C1)CCC2. The van der Waals surface area contributed by atoms with Gasteiger partial charge in [-0.1, -0.05) is 6.07 Å². The van der Waals surface area contributed by atoms with Crippen molar-refractivity contribution in [2.75, 3.05) is 64.3 Å². The summed E-state index contributed by atoms with van der Waals surface area (Å²) in [6.07, 6.45) is 8.87. The van der Waals surface area contributed by atoms with E-state index in [0.29, 0.717) is 86.7 Å². The number of hydrogen-bond acceptors (Lipinski definition) is 11. The maximum absolute atomic E-state index is 14.6. The van der Waals surface area contributed by atoms with Crippen LogP contribution in [-0.4, -0.2) is 125 Å². The molecule has 16 nitrogen and oxygen atoms in total. The van der Waals surface area contributed by atoms with Crippen LogP contribution in [0.4, 0.5) is 14.5 Å². The van der Waals surface area contributed by atoms with Gasteiger partial charge in [-0.25, -0.2) is 13.6 Å². The third-order valence-electron chi connectivity index (χ3n) is 15.2. The van der Waals surface area contributed by atoms with Gasteiger partial charge in [0.1, 0.15) is 12.2 Å². The lowest BCUT2D eigenvalue weighted by atomic mass is 9.90. The third kappa shape index (κ3) is 11.0. The van der Waals surface area contributed by atoms with Gasteiger partial charge in [0.05, 0.1) is 11.0 Å². The number of alkyl halides is 2. The first-order valence-electron chi connectivity index (χ1n) is 24.9. The predicted octanol–water partition coefficient (Wildman–Crippen LogP) is 4.71. The van der Waals surface area contributed by atoms with E-state index in [1.807, 2.05) is 21.9 Å². The van der Waals surface area contributed by atoms with Gasteiger partial charge in [-0.3, -0.25) is 33.6 Å². The lowest BCUT2D eigenvalue weighted by Gasteiger charge is -2.42. The number of benzene rings is 2. The van der Waals surface area contributed by atoms with Crippen LogP contribution >= 0.6 is 0 Å². The molecule has 0 radical (unpaired) electrons. The van der Waals surface area contributed by atoms with Gasteiger partial charge < -0.3 is 41.4 Å². The summed E-state index contributed by atoms with van der Waals surface area (Å²) in [5, 5.41) is 16.9. The van der Waals surface area contributed by atoms with Gasteiger partial charge in [-0.05, 0) is 131 Å². The Hall–Kier alpha value is -5.88. The van der Waals surface area contributed by atoms with Crippen LogP contribution in [0, 0.1) is 11.3 Å². The molecule has 372 valence electrons. The molecule has 18 heteroatoms. The topological polar surface area (TPSA) is 194 Å². The number of carbonyl (C=O) groups is 4. The van der Waals surface area contributed by atoms with Crippen molar-refractivity contribution in [2.24, 2.45) is 18.7 Å². The maximum atomic E-state index is 14.6. The number of nitrogens with zero attached hydrogens (tertiary/aromatic N) is 6. The highest BCUT2D eigenvalue weighted by Gasteiger charge is 2.35. The molecule has 2 atom stereocenters. The molecular weight excluding hydrogens is 885 g/mol. The number of imidazole rings is 1. The molecule has 3 aromatic rings. The predicted molar refractivity (Wildman–Crippen MR) is 263 cm³/mol. The zero-order valence-corrected chi connectivity index (χ0v) is 40.3. The molecule has 0 bridgehead atoms. The number of amides is 4. The molecule has 3 saturated heterocycles. The Balaban J connectivity index is 0.802. The van der Waals surface area contributed by atoms with E-state index in [2.05, 4.69) is 26.9 Å². The quantitative estimate of drug-likeness (QED) is 0.0992. The fraction of sp³-hybridized carbons (Fsp3) is 0.569. The summed E-state index contributed by atoms with van der Waals surface area (Å²) in [4.78, 5) is 71.8. The molecule has 8 rings (SSSR count). The summed E-state index contributed by atoms with van der Waals surface area (Å²) in [6.45, 7) is 7.24. The van der Waals surface area contributed by atoms with Crippen LogP contribution in [0.1, 0.15) is 112 Å². The van der Waals surface area contributed by atoms with E-state index in [4.69, 9.17) is 11.1 Å². The van der Waals surface area contributed by atoms with E-state index in [1.54, 1.807) is 42.8 Å². The van der Waals surface area contributed by atoms with Crippen molar-refractivity contribution in [2.45, 2.75) is 115 Å². The second kappa shape index (κ2) is 21.8. The molecule has 6 heterocycles. The summed E-state index contributed by atoms with van der Waals surface area (Å²) in [6, 6.07) is 8.76. The van der Waals surface area contributed by atoms with Crippen molar-refractivity contribution < 1.29 is 28.0 Å². The highest BCUT2D eigenvalue weighted by atomic mass is 19.3. The molecule has 3 fully saturated rings. The number of piperidine rings is 3. The molecule has 69 heavy (non-hydrogen) atoms. The average Bonchev–Trinajstić information content (AvgIpc) is 3.59. The van der Waals surface area contributed by atoms with E-state index in [1.165, 1.54) is 10.6 Å². The smallest absolute Gasteiger partial charge is 0.329 e. The monoisotopic (exact) mass is 954 g/mol. The number of imide groups is 1. The Morgan fingerprint density at radius 1 is 0.942 bits per heavy atom. The van der Waals surface area contributed by atoms with Crippen molar-refractivity contribution in [3.05, 3.63) is 80.5 Å². The van der Waals surface area contributed by atoms with Crippen molar-refractivity contribution in [3.63, 3.8) is 0 Å². The Morgan fingerprint density at radius 3 is 2.41 bits per heavy atom. The van der Waals surface area contributed by atoms with Crippen LogP contribution in [-0.2, 0) is 39.1 Å². The fourth-order valence-electron chi connectivity index (χ4n) is 11.2. The summed E-state index contributed by atoms with van der Waals surface area (Å²) >= 11 is 0. The fourth-order valence-corrected chi connectivity index (χ4v) is 11.2. The number of aryl methyl sites for hydroxylation is 3. The second-order valence-corrected chi connectivity index (χ2v) is 19.6. The van der Waals surface area contributed by atoms with Crippen molar-refractivity contribution in [3.8, 4) is 0 Å². The van der Waals surface area contributed by atoms with Crippen LogP contribution in [0.25, 0.3) is 16.6 Å². The van der Waals surface area contributed by atoms with Crippen LogP contribution < -0.4 is 32.3 Å². The van der Waals surface area contributed by atoms with E-state index in [9.17, 15) is 32.8 Å².